The first-order valence-corrected chi connectivity index (χ1v) is 10.0. The predicted molar refractivity (Wildman–Crippen MR) is 129 cm³/mol. The third-order valence-corrected chi connectivity index (χ3v) is 4.72. The van der Waals surface area contributed by atoms with Crippen molar-refractivity contribution in [3.63, 3.8) is 0 Å². The van der Waals surface area contributed by atoms with Gasteiger partial charge in [0.2, 0.25) is 0 Å². The molecule has 6 nitrogen and oxygen atoms in total. The molecule has 1 aliphatic heterocycles. The smallest absolute Gasteiger partial charge is 0.406 e. The summed E-state index contributed by atoms with van der Waals surface area (Å²) in [5.74, 6) is -0.125. The lowest BCUT2D eigenvalue weighted by Gasteiger charge is -2.35. The summed E-state index contributed by atoms with van der Waals surface area (Å²) in [7, 11) is 0. The molecule has 10 heteroatoms. The number of guanidine groups is 1. The predicted octanol–water partition coefficient (Wildman–Crippen LogP) is 4.74. The standard InChI is InChI=1S/C22H27F3N4O2.HI/c1-15-12-29(13-16(2)30-15)14-18-5-3-17(4-6-18)11-27-21(26)28-19-7-9-20(10-8-19)31-22(23,24)25;/h3-10,15-16H,11-14H2,1-2H3,(H3,26,27,28);1H. The van der Waals surface area contributed by atoms with Gasteiger partial charge in [-0.05, 0) is 49.2 Å². The highest BCUT2D eigenvalue weighted by atomic mass is 127. The number of alkyl halides is 3. The summed E-state index contributed by atoms with van der Waals surface area (Å²) < 4.78 is 46.2. The molecule has 2 unspecified atom stereocenters. The number of nitrogens with one attached hydrogen (secondary N) is 1. The van der Waals surface area contributed by atoms with Crippen molar-refractivity contribution in [1.29, 1.82) is 0 Å². The molecule has 1 heterocycles. The number of rotatable bonds is 6. The molecular weight excluding hydrogens is 536 g/mol. The topological polar surface area (TPSA) is 72.1 Å². The first-order chi connectivity index (χ1) is 14.7. The maximum atomic E-state index is 12.2. The molecule has 0 spiro atoms. The first-order valence-electron chi connectivity index (χ1n) is 10.0. The third kappa shape index (κ3) is 8.83. The van der Waals surface area contributed by atoms with Crippen molar-refractivity contribution in [2.45, 2.75) is 45.5 Å². The molecule has 0 bridgehead atoms. The van der Waals surface area contributed by atoms with E-state index in [1.807, 2.05) is 12.1 Å². The van der Waals surface area contributed by atoms with Gasteiger partial charge in [0.05, 0.1) is 18.8 Å². The number of hydrogen-bond donors (Lipinski definition) is 2. The summed E-state index contributed by atoms with van der Waals surface area (Å²) >= 11 is 0. The van der Waals surface area contributed by atoms with Crippen molar-refractivity contribution in [3.05, 3.63) is 59.7 Å². The molecule has 2 aromatic rings. The van der Waals surface area contributed by atoms with E-state index in [0.717, 1.165) is 25.2 Å². The third-order valence-electron chi connectivity index (χ3n) is 4.72. The van der Waals surface area contributed by atoms with E-state index < -0.39 is 6.36 Å². The fraction of sp³-hybridized carbons (Fsp3) is 0.409. The van der Waals surface area contributed by atoms with Gasteiger partial charge in [-0.1, -0.05) is 24.3 Å². The van der Waals surface area contributed by atoms with Gasteiger partial charge in [-0.15, -0.1) is 37.1 Å². The van der Waals surface area contributed by atoms with Gasteiger partial charge >= 0.3 is 6.36 Å². The summed E-state index contributed by atoms with van der Waals surface area (Å²) in [6.45, 7) is 7.28. The second-order valence-corrected chi connectivity index (χ2v) is 7.67. The summed E-state index contributed by atoms with van der Waals surface area (Å²) in [6.07, 6.45) is -4.24. The van der Waals surface area contributed by atoms with Gasteiger partial charge in [0.25, 0.3) is 0 Å². The van der Waals surface area contributed by atoms with Crippen LogP contribution in [-0.2, 0) is 17.8 Å². The summed E-state index contributed by atoms with van der Waals surface area (Å²) in [5, 5.41) is 2.85. The van der Waals surface area contributed by atoms with Gasteiger partial charge in [0.1, 0.15) is 5.75 Å². The lowest BCUT2D eigenvalue weighted by Crippen LogP contribution is -2.44. The Morgan fingerprint density at radius 1 is 1.06 bits per heavy atom. The SMILES string of the molecule is CC1CN(Cc2ccc(CN=C(N)Nc3ccc(OC(F)(F)F)cc3)cc2)CC(C)O1.I. The maximum absolute atomic E-state index is 12.2. The zero-order valence-electron chi connectivity index (χ0n) is 17.9. The molecule has 0 aromatic heterocycles. The van der Waals surface area contributed by atoms with E-state index in [-0.39, 0.29) is 47.9 Å². The molecule has 3 N–H and O–H groups in total. The largest absolute Gasteiger partial charge is 0.573 e. The fourth-order valence-corrected chi connectivity index (χ4v) is 3.53. The molecule has 1 saturated heterocycles. The van der Waals surface area contributed by atoms with Crippen LogP contribution in [-0.4, -0.2) is 42.5 Å². The van der Waals surface area contributed by atoms with Gasteiger partial charge in [-0.3, -0.25) is 4.90 Å². The van der Waals surface area contributed by atoms with Crippen LogP contribution in [0.15, 0.2) is 53.5 Å². The summed E-state index contributed by atoms with van der Waals surface area (Å²) in [6, 6.07) is 13.5. The van der Waals surface area contributed by atoms with Crippen LogP contribution in [0.5, 0.6) is 5.75 Å². The molecule has 32 heavy (non-hydrogen) atoms. The molecular formula is C22H28F3IN4O2. The Morgan fingerprint density at radius 2 is 1.62 bits per heavy atom. The average molecular weight is 564 g/mol. The Hall–Kier alpha value is -2.05. The fourth-order valence-electron chi connectivity index (χ4n) is 3.53. The highest BCUT2D eigenvalue weighted by Gasteiger charge is 2.31. The van der Waals surface area contributed by atoms with Crippen LogP contribution < -0.4 is 15.8 Å². The van der Waals surface area contributed by atoms with E-state index in [4.69, 9.17) is 10.5 Å². The number of aliphatic imine (C=N–C) groups is 1. The highest BCUT2D eigenvalue weighted by Crippen LogP contribution is 2.24. The number of anilines is 1. The minimum atomic E-state index is -4.72. The monoisotopic (exact) mass is 564 g/mol. The van der Waals surface area contributed by atoms with E-state index in [1.54, 1.807) is 0 Å². The highest BCUT2D eigenvalue weighted by molar-refractivity contribution is 14.0. The number of benzene rings is 2. The summed E-state index contributed by atoms with van der Waals surface area (Å²) in [4.78, 5) is 6.67. The second kappa shape index (κ2) is 11.7. The molecule has 1 aliphatic rings. The van der Waals surface area contributed by atoms with E-state index >= 15 is 0 Å². The van der Waals surface area contributed by atoms with Crippen LogP contribution in [0.1, 0.15) is 25.0 Å². The number of hydrogen-bond acceptors (Lipinski definition) is 4. The van der Waals surface area contributed by atoms with Crippen LogP contribution >= 0.6 is 24.0 Å². The van der Waals surface area contributed by atoms with Crippen LogP contribution in [0.3, 0.4) is 0 Å². The van der Waals surface area contributed by atoms with E-state index in [1.165, 1.54) is 29.8 Å². The van der Waals surface area contributed by atoms with E-state index in [9.17, 15) is 13.2 Å². The van der Waals surface area contributed by atoms with E-state index in [2.05, 4.69) is 45.9 Å². The minimum absolute atomic E-state index is 0. The Kier molecular flexibility index (Phi) is 9.59. The van der Waals surface area contributed by atoms with Crippen LogP contribution in [0.2, 0.25) is 0 Å². The van der Waals surface area contributed by atoms with Crippen molar-refractivity contribution in [1.82, 2.24) is 4.90 Å². The van der Waals surface area contributed by atoms with Crippen molar-refractivity contribution in [2.24, 2.45) is 10.7 Å². The van der Waals surface area contributed by atoms with Crippen LogP contribution in [0.25, 0.3) is 0 Å². The van der Waals surface area contributed by atoms with Crippen molar-refractivity contribution in [2.75, 3.05) is 18.4 Å². The average Bonchev–Trinajstić information content (AvgIpc) is 2.67. The molecule has 0 aliphatic carbocycles. The molecule has 0 radical (unpaired) electrons. The van der Waals surface area contributed by atoms with Gasteiger partial charge in [-0.2, -0.15) is 0 Å². The van der Waals surface area contributed by atoms with Crippen molar-refractivity contribution < 1.29 is 22.6 Å². The van der Waals surface area contributed by atoms with Gasteiger partial charge in [0.15, 0.2) is 5.96 Å². The summed E-state index contributed by atoms with van der Waals surface area (Å²) in [5.41, 5.74) is 8.63. The molecule has 1 fully saturated rings. The normalized spacial score (nSPS) is 19.8. The quantitative estimate of drug-likeness (QED) is 0.302. The molecule has 2 aromatic carbocycles. The van der Waals surface area contributed by atoms with Crippen LogP contribution in [0, 0.1) is 0 Å². The Bertz CT molecular complexity index is 866. The molecule has 3 rings (SSSR count). The number of nitrogens with zero attached hydrogens (tertiary/aromatic N) is 2. The van der Waals surface area contributed by atoms with Crippen LogP contribution in [0.4, 0.5) is 18.9 Å². The number of ether oxygens (including phenoxy) is 2. The Balaban J connectivity index is 0.00000363. The zero-order chi connectivity index (χ0) is 22.4. The number of nitrogens with two attached hydrogens (primary N) is 1. The Morgan fingerprint density at radius 3 is 2.19 bits per heavy atom. The zero-order valence-corrected chi connectivity index (χ0v) is 20.3. The minimum Gasteiger partial charge on any atom is -0.406 e. The first kappa shape index (κ1) is 26.2. The van der Waals surface area contributed by atoms with Crippen molar-refractivity contribution >= 4 is 35.6 Å². The van der Waals surface area contributed by atoms with Crippen molar-refractivity contribution in [3.8, 4) is 5.75 Å². The molecule has 176 valence electrons. The van der Waals surface area contributed by atoms with Gasteiger partial charge in [0, 0.05) is 25.3 Å². The number of halogens is 4. The lowest BCUT2D eigenvalue weighted by molar-refractivity contribution is -0.274. The molecule has 0 saturated carbocycles. The lowest BCUT2D eigenvalue weighted by atomic mass is 10.1. The Labute approximate surface area is 203 Å². The van der Waals surface area contributed by atoms with Gasteiger partial charge < -0.3 is 20.5 Å². The number of morpholine rings is 1. The molecule has 2 atom stereocenters. The van der Waals surface area contributed by atoms with E-state index in [0.29, 0.717) is 12.2 Å². The second-order valence-electron chi connectivity index (χ2n) is 7.67. The van der Waals surface area contributed by atoms with Gasteiger partial charge in [-0.25, -0.2) is 4.99 Å². The molecule has 0 amide bonds. The maximum Gasteiger partial charge on any atom is 0.573 e.